The normalized spacial score (nSPS) is 19.0. The van der Waals surface area contributed by atoms with Crippen LogP contribution in [0.3, 0.4) is 0 Å². The molecule has 12 rings (SSSR count). The first kappa shape index (κ1) is 47.2. The minimum Gasteiger partial charge on any atom is -0.334 e. The summed E-state index contributed by atoms with van der Waals surface area (Å²) in [7, 11) is 0. The summed E-state index contributed by atoms with van der Waals surface area (Å²) >= 11 is 0. The summed E-state index contributed by atoms with van der Waals surface area (Å²) in [6.07, 6.45) is 4.36. The van der Waals surface area contributed by atoms with Gasteiger partial charge in [-0.25, -0.2) is 4.39 Å². The van der Waals surface area contributed by atoms with Crippen molar-refractivity contribution in [2.75, 3.05) is 14.7 Å². The quantitative estimate of drug-likeness (QED) is 0.159. The molecule has 0 radical (unpaired) electrons. The summed E-state index contributed by atoms with van der Waals surface area (Å²) in [4.78, 5) is 7.80. The van der Waals surface area contributed by atoms with Crippen molar-refractivity contribution in [3.63, 3.8) is 0 Å². The standard InChI is InChI=1S/C68H69BFN3/c1-64(2,3)47-25-29-51(30-26-47)71-60-43-52(73-58-35-28-50(70)42-54(58)67(10)36-18-19-37-68(67,73)11)31-33-56(60)69-55-32-24-46(44-20-14-12-15-21-44)38-59(55)72(62-41-49(66(7,8)9)40-61(71)63(62)69)57-34-27-48(65(4,5)6)39-53(57)45-22-16-13-17-23-45/h12-17,20-35,38-43H,18-19,36-37H2,1-11H3. The Morgan fingerprint density at radius 3 is 1.66 bits per heavy atom. The van der Waals surface area contributed by atoms with E-state index in [2.05, 4.69) is 243 Å². The summed E-state index contributed by atoms with van der Waals surface area (Å²) in [5, 5.41) is 0. The lowest BCUT2D eigenvalue weighted by Gasteiger charge is -2.50. The van der Waals surface area contributed by atoms with Crippen molar-refractivity contribution >= 4 is 68.6 Å². The van der Waals surface area contributed by atoms with E-state index in [4.69, 9.17) is 0 Å². The molecule has 0 aromatic heterocycles. The molecular weight excluding hydrogens is 889 g/mol. The topological polar surface area (TPSA) is 9.72 Å². The predicted molar refractivity (Wildman–Crippen MR) is 310 cm³/mol. The largest absolute Gasteiger partial charge is 0.334 e. The van der Waals surface area contributed by atoms with Crippen LogP contribution in [-0.2, 0) is 21.7 Å². The Bertz CT molecular complexity index is 3470. The van der Waals surface area contributed by atoms with Crippen molar-refractivity contribution in [1.82, 2.24) is 0 Å². The fraction of sp³-hybridized carbons (Fsp3) is 0.294. The molecule has 73 heavy (non-hydrogen) atoms. The molecule has 0 saturated heterocycles. The van der Waals surface area contributed by atoms with Crippen LogP contribution >= 0.6 is 0 Å². The van der Waals surface area contributed by atoms with E-state index in [1.165, 1.54) is 78.1 Å². The predicted octanol–water partition coefficient (Wildman–Crippen LogP) is 16.9. The maximum absolute atomic E-state index is 15.4. The molecule has 0 bridgehead atoms. The zero-order chi connectivity index (χ0) is 51.0. The molecule has 5 heteroatoms. The third-order valence-corrected chi connectivity index (χ3v) is 17.5. The second kappa shape index (κ2) is 16.6. The molecule has 1 saturated carbocycles. The van der Waals surface area contributed by atoms with E-state index >= 15 is 4.39 Å². The highest BCUT2D eigenvalue weighted by Gasteiger charge is 2.58. The second-order valence-electron chi connectivity index (χ2n) is 25.1. The molecule has 8 aromatic carbocycles. The molecule has 2 unspecified atom stereocenters. The molecule has 0 N–H and O–H groups in total. The van der Waals surface area contributed by atoms with Crippen LogP contribution in [0, 0.1) is 5.82 Å². The smallest absolute Gasteiger partial charge is 0.252 e. The van der Waals surface area contributed by atoms with Gasteiger partial charge in [0, 0.05) is 50.8 Å². The number of nitrogens with zero attached hydrogens (tertiary/aromatic N) is 3. The van der Waals surface area contributed by atoms with E-state index in [9.17, 15) is 0 Å². The number of fused-ring (bicyclic) bond motifs is 7. The minimum absolute atomic E-state index is 0.00552. The third kappa shape index (κ3) is 7.42. The fourth-order valence-electron chi connectivity index (χ4n) is 13.2. The van der Waals surface area contributed by atoms with Gasteiger partial charge in [-0.05, 0) is 164 Å². The number of benzene rings is 8. The lowest BCUT2D eigenvalue weighted by atomic mass is 9.33. The van der Waals surface area contributed by atoms with Gasteiger partial charge in [0.1, 0.15) is 5.82 Å². The first-order valence-electron chi connectivity index (χ1n) is 26.8. The molecule has 3 nitrogen and oxygen atoms in total. The van der Waals surface area contributed by atoms with E-state index in [1.807, 2.05) is 12.1 Å². The van der Waals surface area contributed by atoms with Gasteiger partial charge >= 0.3 is 0 Å². The van der Waals surface area contributed by atoms with Gasteiger partial charge in [0.2, 0.25) is 0 Å². The lowest BCUT2D eigenvalue weighted by molar-refractivity contribution is 0.194. The average Bonchev–Trinajstić information content (AvgIpc) is 3.58. The summed E-state index contributed by atoms with van der Waals surface area (Å²) < 4.78 is 15.4. The SMILES string of the molecule is CC(C)(C)c1ccc(N2c3cc(N4c5ccc(F)cc5C5(C)CCCCC45C)ccc3B3c4ccc(-c5ccccc5)cc4N(c4ccc(C(C)(C)C)cc4-c4ccccc4)c4cc(C(C)(C)C)cc2c43)cc1. The maximum atomic E-state index is 15.4. The molecule has 1 fully saturated rings. The van der Waals surface area contributed by atoms with Crippen LogP contribution in [0.5, 0.6) is 0 Å². The van der Waals surface area contributed by atoms with Crippen molar-refractivity contribution in [3.05, 3.63) is 198 Å². The Morgan fingerprint density at radius 2 is 1.00 bits per heavy atom. The van der Waals surface area contributed by atoms with Crippen LogP contribution in [0.1, 0.15) is 124 Å². The molecule has 0 spiro atoms. The molecule has 2 atom stereocenters. The van der Waals surface area contributed by atoms with Crippen molar-refractivity contribution in [2.24, 2.45) is 0 Å². The zero-order valence-corrected chi connectivity index (χ0v) is 44.8. The summed E-state index contributed by atoms with van der Waals surface area (Å²) in [5.74, 6) is -0.159. The Hall–Kier alpha value is -6.85. The summed E-state index contributed by atoms with van der Waals surface area (Å²) in [6.45, 7) is 25.7. The lowest BCUT2D eigenvalue weighted by Crippen LogP contribution is -2.61. The highest BCUT2D eigenvalue weighted by atomic mass is 19.1. The summed E-state index contributed by atoms with van der Waals surface area (Å²) in [6, 6.07) is 63.5. The van der Waals surface area contributed by atoms with Gasteiger partial charge in [-0.15, -0.1) is 0 Å². The van der Waals surface area contributed by atoms with Crippen LogP contribution in [0.4, 0.5) is 49.9 Å². The van der Waals surface area contributed by atoms with Gasteiger partial charge < -0.3 is 14.7 Å². The van der Waals surface area contributed by atoms with E-state index in [0.717, 1.165) is 54.0 Å². The van der Waals surface area contributed by atoms with E-state index in [-0.39, 0.29) is 39.7 Å². The number of halogens is 1. The van der Waals surface area contributed by atoms with Crippen molar-refractivity contribution < 1.29 is 4.39 Å². The van der Waals surface area contributed by atoms with Crippen LogP contribution < -0.4 is 31.1 Å². The molecule has 0 amide bonds. The fourth-order valence-corrected chi connectivity index (χ4v) is 13.2. The molecule has 366 valence electrons. The van der Waals surface area contributed by atoms with E-state index in [0.29, 0.717) is 0 Å². The first-order valence-corrected chi connectivity index (χ1v) is 26.8. The van der Waals surface area contributed by atoms with Gasteiger partial charge in [-0.2, -0.15) is 0 Å². The Morgan fingerprint density at radius 1 is 0.438 bits per heavy atom. The van der Waals surface area contributed by atoms with Gasteiger partial charge in [-0.3, -0.25) is 0 Å². The zero-order valence-electron chi connectivity index (χ0n) is 44.8. The first-order chi connectivity index (χ1) is 34.7. The Kier molecular flexibility index (Phi) is 10.7. The number of anilines is 8. The third-order valence-electron chi connectivity index (χ3n) is 17.5. The van der Waals surface area contributed by atoms with Gasteiger partial charge in [-0.1, -0.05) is 179 Å². The van der Waals surface area contributed by atoms with Gasteiger partial charge in [0.05, 0.1) is 11.2 Å². The molecule has 3 heterocycles. The number of hydrogen-bond donors (Lipinski definition) is 0. The second-order valence-corrected chi connectivity index (χ2v) is 25.1. The molecule has 3 aliphatic heterocycles. The minimum atomic E-state index is -0.237. The van der Waals surface area contributed by atoms with Crippen LogP contribution in [0.15, 0.2) is 170 Å². The molecular formula is C68H69BFN3. The molecule has 1 aliphatic carbocycles. The van der Waals surface area contributed by atoms with Crippen LogP contribution in [-0.4, -0.2) is 12.3 Å². The van der Waals surface area contributed by atoms with E-state index < -0.39 is 0 Å². The van der Waals surface area contributed by atoms with E-state index in [1.54, 1.807) is 6.07 Å². The Labute approximate surface area is 434 Å². The van der Waals surface area contributed by atoms with Crippen molar-refractivity contribution in [3.8, 4) is 22.3 Å². The van der Waals surface area contributed by atoms with Gasteiger partial charge in [0.25, 0.3) is 6.71 Å². The number of hydrogen-bond acceptors (Lipinski definition) is 3. The van der Waals surface area contributed by atoms with Crippen molar-refractivity contribution in [1.29, 1.82) is 0 Å². The van der Waals surface area contributed by atoms with Crippen molar-refractivity contribution in [2.45, 2.75) is 129 Å². The average molecular weight is 958 g/mol. The van der Waals surface area contributed by atoms with Gasteiger partial charge in [0.15, 0.2) is 0 Å². The highest BCUT2D eigenvalue weighted by Crippen LogP contribution is 2.61. The Balaban J connectivity index is 1.18. The molecule has 8 aromatic rings. The van der Waals surface area contributed by atoms with Crippen LogP contribution in [0.25, 0.3) is 22.3 Å². The maximum Gasteiger partial charge on any atom is 0.252 e. The van der Waals surface area contributed by atoms with Crippen LogP contribution in [0.2, 0.25) is 0 Å². The summed E-state index contributed by atoms with van der Waals surface area (Å²) in [5.41, 5.74) is 22.3. The number of rotatable bonds is 5. The molecule has 4 aliphatic rings. The highest BCUT2D eigenvalue weighted by molar-refractivity contribution is 7.00. The monoisotopic (exact) mass is 958 g/mol.